The van der Waals surface area contributed by atoms with E-state index in [1.54, 1.807) is 20.8 Å². The summed E-state index contributed by atoms with van der Waals surface area (Å²) in [7, 11) is 0. The Morgan fingerprint density at radius 2 is 1.51 bits per heavy atom. The highest BCUT2D eigenvalue weighted by atomic mass is 16.7. The zero-order chi connectivity index (χ0) is 29.8. The van der Waals surface area contributed by atoms with Gasteiger partial charge in [-0.1, -0.05) is 0 Å². The van der Waals surface area contributed by atoms with Crippen LogP contribution in [0.5, 0.6) is 0 Å². The van der Waals surface area contributed by atoms with Gasteiger partial charge in [-0.3, -0.25) is 19.2 Å². The number of amides is 2. The molecular weight excluding hydrogens is 524 g/mol. The second kappa shape index (κ2) is 12.2. The van der Waals surface area contributed by atoms with E-state index in [2.05, 4.69) is 10.6 Å². The fourth-order valence-electron chi connectivity index (χ4n) is 4.38. The van der Waals surface area contributed by atoms with Crippen LogP contribution in [0.2, 0.25) is 0 Å². The number of carboxylic acids is 1. The SMILES string of the molecule is CC(=O)N[C@@H]1[C@@H](OC(C)=O)[C@@H](OC(C)=O)[C@@H](COC(C)=O)O[C@@]12CC[C@](NC(=O)OC(C)(C)C)(C(=O)O)CO2. The molecular formula is C24H36N2O13. The maximum Gasteiger partial charge on any atom is 0.408 e. The minimum Gasteiger partial charge on any atom is -0.479 e. The number of carboxylic acid groups (broad SMARTS) is 1. The third-order valence-electron chi connectivity index (χ3n) is 5.87. The number of rotatable bonds is 7. The van der Waals surface area contributed by atoms with E-state index in [9.17, 15) is 33.9 Å². The predicted molar refractivity (Wildman–Crippen MR) is 128 cm³/mol. The summed E-state index contributed by atoms with van der Waals surface area (Å²) in [5.74, 6) is -6.10. The summed E-state index contributed by atoms with van der Waals surface area (Å²) in [6, 6.07) is -1.30. The number of ether oxygens (including phenoxy) is 6. The van der Waals surface area contributed by atoms with Gasteiger partial charge in [0.1, 0.15) is 24.4 Å². The van der Waals surface area contributed by atoms with Gasteiger partial charge < -0.3 is 44.2 Å². The van der Waals surface area contributed by atoms with E-state index in [0.29, 0.717) is 0 Å². The highest BCUT2D eigenvalue weighted by molar-refractivity contribution is 5.85. The van der Waals surface area contributed by atoms with Gasteiger partial charge in [-0.25, -0.2) is 9.59 Å². The lowest BCUT2D eigenvalue weighted by Gasteiger charge is -2.54. The molecule has 2 amide bonds. The molecule has 2 fully saturated rings. The number of carbonyl (C=O) groups excluding carboxylic acids is 5. The minimum atomic E-state index is -1.94. The van der Waals surface area contributed by atoms with Crippen molar-refractivity contribution in [2.24, 2.45) is 0 Å². The summed E-state index contributed by atoms with van der Waals surface area (Å²) < 4.78 is 33.2. The van der Waals surface area contributed by atoms with Gasteiger partial charge in [0.05, 0.1) is 6.61 Å². The molecule has 220 valence electrons. The van der Waals surface area contributed by atoms with Crippen LogP contribution >= 0.6 is 0 Å². The van der Waals surface area contributed by atoms with Crippen LogP contribution in [0.15, 0.2) is 0 Å². The molecule has 0 aliphatic carbocycles. The highest BCUT2D eigenvalue weighted by Gasteiger charge is 2.63. The first kappa shape index (κ1) is 31.8. The van der Waals surface area contributed by atoms with E-state index in [-0.39, 0.29) is 12.8 Å². The van der Waals surface area contributed by atoms with Crippen molar-refractivity contribution in [3.63, 3.8) is 0 Å². The zero-order valence-corrected chi connectivity index (χ0v) is 23.0. The molecule has 2 aliphatic rings. The van der Waals surface area contributed by atoms with E-state index in [0.717, 1.165) is 20.8 Å². The second-order valence-corrected chi connectivity index (χ2v) is 10.4. The first-order valence-electron chi connectivity index (χ1n) is 12.2. The van der Waals surface area contributed by atoms with E-state index < -0.39 is 90.4 Å². The Morgan fingerprint density at radius 3 is 1.95 bits per heavy atom. The number of carbonyl (C=O) groups is 6. The number of alkyl carbamates (subject to hydrolysis) is 1. The molecule has 0 aromatic carbocycles. The molecule has 3 N–H and O–H groups in total. The van der Waals surface area contributed by atoms with E-state index in [4.69, 9.17) is 28.4 Å². The molecule has 0 radical (unpaired) electrons. The first-order chi connectivity index (χ1) is 17.9. The molecule has 2 rings (SSSR count). The molecule has 2 saturated heterocycles. The zero-order valence-electron chi connectivity index (χ0n) is 23.0. The molecule has 0 aromatic rings. The quantitative estimate of drug-likeness (QED) is 0.281. The Hall–Kier alpha value is -3.46. The van der Waals surface area contributed by atoms with Crippen molar-refractivity contribution in [3.8, 4) is 0 Å². The van der Waals surface area contributed by atoms with Crippen LogP contribution in [0.3, 0.4) is 0 Å². The summed E-state index contributed by atoms with van der Waals surface area (Å²) in [6.07, 6.45) is -5.51. The lowest BCUT2D eigenvalue weighted by Crippen LogP contribution is -2.75. The average molecular weight is 561 g/mol. The topological polar surface area (TPSA) is 202 Å². The monoisotopic (exact) mass is 560 g/mol. The molecule has 6 atom stereocenters. The molecule has 0 bridgehead atoms. The van der Waals surface area contributed by atoms with Crippen LogP contribution in [0.4, 0.5) is 4.79 Å². The maximum absolute atomic E-state index is 12.4. The number of hydrogen-bond acceptors (Lipinski definition) is 12. The van der Waals surface area contributed by atoms with Crippen molar-refractivity contribution < 1.29 is 62.3 Å². The van der Waals surface area contributed by atoms with Crippen molar-refractivity contribution in [1.29, 1.82) is 0 Å². The predicted octanol–water partition coefficient (Wildman–Crippen LogP) is 0.171. The fraction of sp³-hybridized carbons (Fsp3) is 0.750. The van der Waals surface area contributed by atoms with Crippen molar-refractivity contribution in [2.45, 2.75) is 103 Å². The Kier molecular flexibility index (Phi) is 9.90. The van der Waals surface area contributed by atoms with Crippen LogP contribution in [-0.4, -0.2) is 95.5 Å². The third-order valence-corrected chi connectivity index (χ3v) is 5.87. The van der Waals surface area contributed by atoms with Gasteiger partial charge in [0.25, 0.3) is 0 Å². The van der Waals surface area contributed by atoms with Crippen LogP contribution in [0.1, 0.15) is 61.3 Å². The summed E-state index contributed by atoms with van der Waals surface area (Å²) in [4.78, 5) is 72.5. The highest BCUT2D eigenvalue weighted by Crippen LogP contribution is 2.42. The van der Waals surface area contributed by atoms with Crippen LogP contribution in [0, 0.1) is 0 Å². The lowest BCUT2D eigenvalue weighted by molar-refractivity contribution is -0.353. The second-order valence-electron chi connectivity index (χ2n) is 10.4. The van der Waals surface area contributed by atoms with Crippen LogP contribution in [0.25, 0.3) is 0 Å². The van der Waals surface area contributed by atoms with Gasteiger partial charge in [0, 0.05) is 34.1 Å². The molecule has 0 saturated carbocycles. The van der Waals surface area contributed by atoms with E-state index in [1.165, 1.54) is 6.92 Å². The lowest BCUT2D eigenvalue weighted by atomic mass is 9.81. The molecule has 0 aromatic heterocycles. The van der Waals surface area contributed by atoms with E-state index in [1.807, 2.05) is 0 Å². The summed E-state index contributed by atoms with van der Waals surface area (Å²) in [5.41, 5.74) is -2.84. The van der Waals surface area contributed by atoms with E-state index >= 15 is 0 Å². The third kappa shape index (κ3) is 8.26. The first-order valence-corrected chi connectivity index (χ1v) is 12.2. The molecule has 15 heteroatoms. The normalized spacial score (nSPS) is 30.4. The van der Waals surface area contributed by atoms with Crippen LogP contribution in [-0.2, 0) is 52.4 Å². The summed E-state index contributed by atoms with van der Waals surface area (Å²) >= 11 is 0. The summed E-state index contributed by atoms with van der Waals surface area (Å²) in [5, 5.41) is 14.9. The molecule has 2 heterocycles. The van der Waals surface area contributed by atoms with Crippen molar-refractivity contribution in [2.75, 3.05) is 13.2 Å². The molecule has 1 spiro atoms. The number of esters is 3. The number of hydrogen-bond donors (Lipinski definition) is 3. The fourth-order valence-corrected chi connectivity index (χ4v) is 4.38. The molecule has 0 unspecified atom stereocenters. The smallest absolute Gasteiger partial charge is 0.408 e. The van der Waals surface area contributed by atoms with Gasteiger partial charge in [0.2, 0.25) is 5.91 Å². The van der Waals surface area contributed by atoms with Crippen LogP contribution < -0.4 is 10.6 Å². The van der Waals surface area contributed by atoms with Gasteiger partial charge in [-0.15, -0.1) is 0 Å². The van der Waals surface area contributed by atoms with Crippen molar-refractivity contribution in [3.05, 3.63) is 0 Å². The standard InChI is InChI=1S/C24H36N2O13/c1-12(27)25-19-18(37-15(4)30)17(36-14(3)29)16(10-34-13(2)28)38-24(19)9-8-23(11-35-24,20(31)32)26-21(33)39-22(5,6)7/h16-19H,8-11H2,1-7H3,(H,25,27)(H,26,33)(H,31,32)/t16-,17+,18+,19-,23-,24+/m1/s1. The Labute approximate surface area is 225 Å². The number of aliphatic carboxylic acids is 1. The molecule has 2 aliphatic heterocycles. The van der Waals surface area contributed by atoms with Crippen molar-refractivity contribution >= 4 is 35.9 Å². The Bertz CT molecular complexity index is 981. The summed E-state index contributed by atoms with van der Waals surface area (Å²) in [6.45, 7) is 8.25. The number of nitrogens with one attached hydrogen (secondary N) is 2. The maximum atomic E-state index is 12.4. The van der Waals surface area contributed by atoms with Gasteiger partial charge in [-0.05, 0) is 27.2 Å². The molecule has 15 nitrogen and oxygen atoms in total. The largest absolute Gasteiger partial charge is 0.479 e. The van der Waals surface area contributed by atoms with Crippen molar-refractivity contribution in [1.82, 2.24) is 10.6 Å². The minimum absolute atomic E-state index is 0.263. The average Bonchev–Trinajstić information content (AvgIpc) is 2.76. The molecule has 39 heavy (non-hydrogen) atoms. The van der Waals surface area contributed by atoms with Gasteiger partial charge in [0.15, 0.2) is 23.5 Å². The van der Waals surface area contributed by atoms with Gasteiger partial charge >= 0.3 is 30.0 Å². The Morgan fingerprint density at radius 1 is 0.923 bits per heavy atom. The van der Waals surface area contributed by atoms with Gasteiger partial charge in [-0.2, -0.15) is 0 Å². The Balaban J connectivity index is 2.51.